The molecule has 8 nitrogen and oxygen atoms in total. The molecule has 5 N–H and O–H groups in total. The maximum Gasteiger partial charge on any atom is 0.276 e. The van der Waals surface area contributed by atoms with Crippen molar-refractivity contribution < 1.29 is 33.3 Å². The molecule has 0 radical (unpaired) electrons. The summed E-state index contributed by atoms with van der Waals surface area (Å²) >= 11 is 5.85. The largest absolute Gasteiger partial charge is 1.00 e. The number of halogens is 2. The van der Waals surface area contributed by atoms with Crippen molar-refractivity contribution in [3.63, 3.8) is 0 Å². The highest BCUT2D eigenvalue weighted by Gasteiger charge is 2.23. The number of aromatic nitrogens is 4. The molecular formula is C17H21ClIN7O. The van der Waals surface area contributed by atoms with E-state index in [4.69, 9.17) is 23.1 Å². The molecule has 0 aliphatic carbocycles. The van der Waals surface area contributed by atoms with Crippen LogP contribution in [0.15, 0.2) is 18.2 Å². The Morgan fingerprint density at radius 2 is 2.00 bits per heavy atom. The number of rotatable bonds is 4. The Morgan fingerprint density at radius 1 is 1.30 bits per heavy atom. The molecule has 0 aliphatic rings. The Morgan fingerprint density at radius 3 is 2.67 bits per heavy atom. The van der Waals surface area contributed by atoms with Gasteiger partial charge in [0.2, 0.25) is 0 Å². The molecule has 0 unspecified atom stereocenters. The van der Waals surface area contributed by atoms with Crippen molar-refractivity contribution in [3.05, 3.63) is 40.4 Å². The molecule has 3 aromatic rings. The number of aryl methyl sites for hydroxylation is 3. The normalized spacial score (nSPS) is 10.7. The van der Waals surface area contributed by atoms with Gasteiger partial charge in [0.1, 0.15) is 6.54 Å². The molecule has 0 atom stereocenters. The van der Waals surface area contributed by atoms with Crippen LogP contribution in [0.4, 0.5) is 11.6 Å². The predicted octanol–water partition coefficient (Wildman–Crippen LogP) is -1.66. The Hall–Kier alpha value is -2.14. The summed E-state index contributed by atoms with van der Waals surface area (Å²) in [5, 5.41) is 2.78. The molecule has 10 heteroatoms. The van der Waals surface area contributed by atoms with Crippen LogP contribution in [0, 0.1) is 6.92 Å². The van der Waals surface area contributed by atoms with E-state index in [1.165, 1.54) is 5.56 Å². The van der Waals surface area contributed by atoms with Crippen LogP contribution < -0.4 is 45.3 Å². The average molecular weight is 502 g/mol. The summed E-state index contributed by atoms with van der Waals surface area (Å²) in [7, 11) is 1.97. The molecule has 2 aromatic heterocycles. The number of nitrogens with two attached hydrogens (primary N) is 2. The lowest BCUT2D eigenvalue weighted by molar-refractivity contribution is -0.654. The van der Waals surface area contributed by atoms with E-state index in [9.17, 15) is 4.79 Å². The first-order valence-corrected chi connectivity index (χ1v) is 8.55. The third-order valence-electron chi connectivity index (χ3n) is 4.33. The third kappa shape index (κ3) is 3.93. The number of nitrogens with zero attached hydrogens (tertiary/aromatic N) is 4. The van der Waals surface area contributed by atoms with E-state index in [0.29, 0.717) is 6.54 Å². The highest BCUT2D eigenvalue weighted by Crippen LogP contribution is 2.18. The fraction of sp³-hybridized carbons (Fsp3) is 0.294. The Balaban J connectivity index is 0.00000261. The van der Waals surface area contributed by atoms with Crippen molar-refractivity contribution in [1.82, 2.24) is 19.9 Å². The summed E-state index contributed by atoms with van der Waals surface area (Å²) in [5.74, 6) is 0.435. The second kappa shape index (κ2) is 8.26. The minimum absolute atomic E-state index is 0. The van der Waals surface area contributed by atoms with Gasteiger partial charge in [-0.25, -0.2) is 19.1 Å². The average Bonchev–Trinajstić information content (AvgIpc) is 2.86. The Bertz CT molecular complexity index is 1020. The van der Waals surface area contributed by atoms with Gasteiger partial charge in [0, 0.05) is 0 Å². The molecule has 144 valence electrons. The molecule has 0 bridgehead atoms. The van der Waals surface area contributed by atoms with Crippen LogP contribution in [-0.2, 0) is 20.1 Å². The second-order valence-electron chi connectivity index (χ2n) is 6.03. The van der Waals surface area contributed by atoms with Crippen LogP contribution in [0.25, 0.3) is 11.0 Å². The van der Waals surface area contributed by atoms with Gasteiger partial charge in [-0.05, 0) is 31.5 Å². The molecule has 0 aliphatic heterocycles. The van der Waals surface area contributed by atoms with Gasteiger partial charge in [-0.2, -0.15) is 0 Å². The summed E-state index contributed by atoms with van der Waals surface area (Å²) in [5.41, 5.74) is 14.6. The smallest absolute Gasteiger partial charge is 0.276 e. The number of anilines is 2. The lowest BCUT2D eigenvalue weighted by atomic mass is 10.2. The SMILES string of the molecule is CCn1c(CNC(=O)c2nc(Cl)c(N)nc2N)[n+](C)c2ccc(C)cc21.[I-]. The summed E-state index contributed by atoms with van der Waals surface area (Å²) in [4.78, 5) is 20.2. The third-order valence-corrected chi connectivity index (χ3v) is 4.60. The van der Waals surface area contributed by atoms with Crippen molar-refractivity contribution in [2.75, 3.05) is 11.5 Å². The van der Waals surface area contributed by atoms with Crippen molar-refractivity contribution in [3.8, 4) is 0 Å². The van der Waals surface area contributed by atoms with Gasteiger partial charge < -0.3 is 40.8 Å². The zero-order valence-electron chi connectivity index (χ0n) is 15.3. The number of imidazole rings is 1. The van der Waals surface area contributed by atoms with Gasteiger partial charge in [0.05, 0.1) is 13.6 Å². The Labute approximate surface area is 178 Å². The molecule has 0 spiro atoms. The zero-order valence-corrected chi connectivity index (χ0v) is 18.2. The molecule has 27 heavy (non-hydrogen) atoms. The van der Waals surface area contributed by atoms with E-state index in [1.807, 2.05) is 7.05 Å². The van der Waals surface area contributed by atoms with Gasteiger partial charge in [-0.15, -0.1) is 0 Å². The zero-order chi connectivity index (χ0) is 19.0. The monoisotopic (exact) mass is 501 g/mol. The summed E-state index contributed by atoms with van der Waals surface area (Å²) in [6, 6.07) is 6.27. The lowest BCUT2D eigenvalue weighted by Crippen LogP contribution is -3.00. The van der Waals surface area contributed by atoms with Gasteiger partial charge >= 0.3 is 0 Å². The van der Waals surface area contributed by atoms with Crippen molar-refractivity contribution >= 4 is 40.2 Å². The van der Waals surface area contributed by atoms with E-state index in [2.05, 4.69) is 56.5 Å². The van der Waals surface area contributed by atoms with Crippen LogP contribution in [0.5, 0.6) is 0 Å². The predicted molar refractivity (Wildman–Crippen MR) is 101 cm³/mol. The second-order valence-corrected chi connectivity index (χ2v) is 6.39. The van der Waals surface area contributed by atoms with E-state index < -0.39 is 5.91 Å². The highest BCUT2D eigenvalue weighted by atomic mass is 127. The highest BCUT2D eigenvalue weighted by molar-refractivity contribution is 6.31. The fourth-order valence-electron chi connectivity index (χ4n) is 3.01. The number of nitrogen functional groups attached to an aromatic ring is 2. The van der Waals surface area contributed by atoms with E-state index in [0.717, 1.165) is 23.4 Å². The molecular weight excluding hydrogens is 481 g/mol. The van der Waals surface area contributed by atoms with Crippen LogP contribution in [0.2, 0.25) is 5.15 Å². The number of hydrogen-bond acceptors (Lipinski definition) is 5. The molecule has 0 saturated heterocycles. The topological polar surface area (TPSA) is 116 Å². The van der Waals surface area contributed by atoms with Crippen LogP contribution >= 0.6 is 11.6 Å². The van der Waals surface area contributed by atoms with E-state index in [1.54, 1.807) is 0 Å². The standard InChI is InChI=1S/C17H20ClN7O.HI/c1-4-25-11-7-9(2)5-6-10(11)24(3)12(25)8-21-17(26)13-15(19)23-16(20)14(18)22-13;/h5-7H,4,8H2,1-3H3,(H4-,19,20,21,23,26);1H. The maximum atomic E-state index is 12.5. The number of carbonyl (C=O) groups is 1. The van der Waals surface area contributed by atoms with Crippen LogP contribution in [0.1, 0.15) is 28.8 Å². The Kier molecular flexibility index (Phi) is 6.47. The van der Waals surface area contributed by atoms with Crippen molar-refractivity contribution in [2.24, 2.45) is 7.05 Å². The van der Waals surface area contributed by atoms with Gasteiger partial charge in [0.25, 0.3) is 11.7 Å². The minimum Gasteiger partial charge on any atom is -1.00 e. The number of carbonyl (C=O) groups excluding carboxylic acids is 1. The van der Waals surface area contributed by atoms with Gasteiger partial charge in [-0.3, -0.25) is 4.79 Å². The number of hydrogen-bond donors (Lipinski definition) is 3. The first-order chi connectivity index (χ1) is 12.3. The molecule has 0 fully saturated rings. The minimum atomic E-state index is -0.457. The van der Waals surface area contributed by atoms with Crippen LogP contribution in [0.3, 0.4) is 0 Å². The quantitative estimate of drug-likeness (QED) is 0.292. The van der Waals surface area contributed by atoms with Gasteiger partial charge in [0.15, 0.2) is 33.5 Å². The molecule has 1 aromatic carbocycles. The molecule has 0 saturated carbocycles. The number of benzene rings is 1. The number of fused-ring (bicyclic) bond motifs is 1. The fourth-order valence-corrected chi connectivity index (χ4v) is 3.14. The summed E-state index contributed by atoms with van der Waals surface area (Å²) < 4.78 is 4.22. The lowest BCUT2D eigenvalue weighted by Gasteiger charge is -2.07. The van der Waals surface area contributed by atoms with Crippen molar-refractivity contribution in [1.29, 1.82) is 0 Å². The summed E-state index contributed by atoms with van der Waals surface area (Å²) in [6.07, 6.45) is 0. The maximum absolute atomic E-state index is 12.5. The number of amides is 1. The first kappa shape index (κ1) is 21.2. The van der Waals surface area contributed by atoms with E-state index in [-0.39, 0.29) is 46.5 Å². The van der Waals surface area contributed by atoms with Crippen molar-refractivity contribution in [2.45, 2.75) is 26.9 Å². The molecule has 3 rings (SSSR count). The number of nitrogens with one attached hydrogen (secondary N) is 1. The molecule has 2 heterocycles. The first-order valence-electron chi connectivity index (χ1n) is 8.17. The van der Waals surface area contributed by atoms with Crippen LogP contribution in [-0.4, -0.2) is 20.4 Å². The van der Waals surface area contributed by atoms with E-state index >= 15 is 0 Å². The molecule has 1 amide bonds. The summed E-state index contributed by atoms with van der Waals surface area (Å²) in [6.45, 7) is 5.21. The van der Waals surface area contributed by atoms with Gasteiger partial charge in [-0.1, -0.05) is 17.7 Å².